The van der Waals surface area contributed by atoms with Gasteiger partial charge in [-0.2, -0.15) is 0 Å². The fourth-order valence-electron chi connectivity index (χ4n) is 3.38. The molecule has 0 saturated heterocycles. The van der Waals surface area contributed by atoms with Crippen molar-refractivity contribution in [2.75, 3.05) is 0 Å². The van der Waals surface area contributed by atoms with Crippen LogP contribution < -0.4 is 21.7 Å². The molecule has 0 aliphatic rings. The highest BCUT2D eigenvalue weighted by molar-refractivity contribution is 5.95. The molecule has 1 aromatic carbocycles. The molecule has 5 unspecified atom stereocenters. The normalized spacial score (nSPS) is 14.7. The molecule has 0 bridgehead atoms. The fourth-order valence-corrected chi connectivity index (χ4v) is 3.38. The molecular formula is C24H34N4O10. The lowest BCUT2D eigenvalue weighted by molar-refractivity contribution is -0.143. The molecule has 0 aromatic heterocycles. The zero-order valence-corrected chi connectivity index (χ0v) is 21.0. The molecule has 14 heteroatoms. The van der Waals surface area contributed by atoms with E-state index in [0.29, 0.717) is 12.0 Å². The van der Waals surface area contributed by atoms with Gasteiger partial charge in [-0.25, -0.2) is 4.79 Å². The Hall–Kier alpha value is -4.20. The van der Waals surface area contributed by atoms with Gasteiger partial charge in [0, 0.05) is 12.8 Å². The van der Waals surface area contributed by atoms with Crippen molar-refractivity contribution in [3.63, 3.8) is 0 Å². The number of carboxylic acid groups (broad SMARTS) is 3. The Bertz CT molecular complexity index is 1010. The standard InChI is InChI=1S/C24H34N4O10/c1-3-12(2)20(23(36)26-16(24(37)38)8-9-18(30)31)28-22(35)17(10-13-4-6-14(29)7-5-13)27-21(34)15(25)11-19(32)33/h4-7,12,15-17,20,29H,3,8-11,25H2,1-2H3,(H,26,36)(H,27,34)(H,28,35)(H,30,31)(H,32,33)(H,37,38). The number of carbonyl (C=O) groups excluding carboxylic acids is 3. The summed E-state index contributed by atoms with van der Waals surface area (Å²) in [6, 6.07) is 0.196. The number of nitrogens with two attached hydrogens (primary N) is 1. The van der Waals surface area contributed by atoms with Crippen LogP contribution in [0.5, 0.6) is 5.75 Å². The van der Waals surface area contributed by atoms with Crippen LogP contribution in [0.3, 0.4) is 0 Å². The van der Waals surface area contributed by atoms with Gasteiger partial charge in [-0.15, -0.1) is 0 Å². The van der Waals surface area contributed by atoms with Crippen LogP contribution in [-0.2, 0) is 35.2 Å². The van der Waals surface area contributed by atoms with E-state index in [9.17, 15) is 39.0 Å². The predicted octanol–water partition coefficient (Wildman–Crippen LogP) is -0.813. The van der Waals surface area contributed by atoms with Crippen LogP contribution in [0.2, 0.25) is 0 Å². The topological polar surface area (TPSA) is 245 Å². The summed E-state index contributed by atoms with van der Waals surface area (Å²) in [6.45, 7) is 3.37. The maximum absolute atomic E-state index is 13.3. The molecule has 0 radical (unpaired) electrons. The Morgan fingerprint density at radius 2 is 1.42 bits per heavy atom. The van der Waals surface area contributed by atoms with E-state index < -0.39 is 78.6 Å². The lowest BCUT2D eigenvalue weighted by Crippen LogP contribution is -2.59. The molecule has 3 amide bonds. The number of carbonyl (C=O) groups is 6. The minimum Gasteiger partial charge on any atom is -0.508 e. The summed E-state index contributed by atoms with van der Waals surface area (Å²) in [5.74, 6) is -7.15. The molecule has 5 atom stereocenters. The first kappa shape index (κ1) is 31.8. The Morgan fingerprint density at radius 1 is 0.842 bits per heavy atom. The Balaban J connectivity index is 3.16. The Labute approximate surface area is 218 Å². The van der Waals surface area contributed by atoms with Crippen molar-refractivity contribution < 1.29 is 49.2 Å². The summed E-state index contributed by atoms with van der Waals surface area (Å²) < 4.78 is 0. The van der Waals surface area contributed by atoms with Crippen LogP contribution in [0.1, 0.15) is 45.1 Å². The number of aromatic hydroxyl groups is 1. The molecule has 0 spiro atoms. The Kier molecular flexibility index (Phi) is 12.7. The third-order valence-corrected chi connectivity index (χ3v) is 5.80. The zero-order valence-electron chi connectivity index (χ0n) is 21.0. The third-order valence-electron chi connectivity index (χ3n) is 5.80. The number of benzene rings is 1. The van der Waals surface area contributed by atoms with Crippen LogP contribution >= 0.6 is 0 Å². The van der Waals surface area contributed by atoms with Gasteiger partial charge in [0.15, 0.2) is 0 Å². The minimum atomic E-state index is -1.51. The van der Waals surface area contributed by atoms with E-state index in [1.54, 1.807) is 13.8 Å². The number of phenols is 1. The number of nitrogens with one attached hydrogen (secondary N) is 3. The molecule has 210 valence electrons. The summed E-state index contributed by atoms with van der Waals surface area (Å²) in [7, 11) is 0. The molecule has 0 heterocycles. The second kappa shape index (κ2) is 15.1. The lowest BCUT2D eigenvalue weighted by Gasteiger charge is -2.28. The first-order chi connectivity index (χ1) is 17.7. The van der Waals surface area contributed by atoms with Gasteiger partial charge in [-0.1, -0.05) is 32.4 Å². The van der Waals surface area contributed by atoms with Crippen LogP contribution in [0, 0.1) is 5.92 Å². The fraction of sp³-hybridized carbons (Fsp3) is 0.500. The number of phenolic OH excluding ortho intramolecular Hbond substituents is 1. The Morgan fingerprint density at radius 3 is 1.92 bits per heavy atom. The molecular weight excluding hydrogens is 504 g/mol. The van der Waals surface area contributed by atoms with Crippen molar-refractivity contribution in [1.29, 1.82) is 0 Å². The van der Waals surface area contributed by atoms with E-state index in [-0.39, 0.29) is 18.6 Å². The van der Waals surface area contributed by atoms with Crippen molar-refractivity contribution in [2.24, 2.45) is 11.7 Å². The van der Waals surface area contributed by atoms with E-state index in [4.69, 9.17) is 15.9 Å². The molecule has 0 aliphatic carbocycles. The molecule has 0 fully saturated rings. The van der Waals surface area contributed by atoms with Crippen molar-refractivity contribution in [3.05, 3.63) is 29.8 Å². The summed E-state index contributed by atoms with van der Waals surface area (Å²) in [5.41, 5.74) is 6.13. The van der Waals surface area contributed by atoms with E-state index in [2.05, 4.69) is 16.0 Å². The van der Waals surface area contributed by atoms with Crippen molar-refractivity contribution >= 4 is 35.6 Å². The average Bonchev–Trinajstić information content (AvgIpc) is 2.84. The zero-order chi connectivity index (χ0) is 29.0. The maximum atomic E-state index is 13.3. The predicted molar refractivity (Wildman–Crippen MR) is 132 cm³/mol. The summed E-state index contributed by atoms with van der Waals surface area (Å²) in [6.07, 6.45) is -1.29. The summed E-state index contributed by atoms with van der Waals surface area (Å²) in [5, 5.41) is 43.8. The van der Waals surface area contributed by atoms with Crippen LogP contribution in [0.25, 0.3) is 0 Å². The smallest absolute Gasteiger partial charge is 0.326 e. The number of amides is 3. The molecule has 14 nitrogen and oxygen atoms in total. The molecule has 0 saturated carbocycles. The molecule has 1 rings (SSSR count). The number of hydrogen-bond donors (Lipinski definition) is 8. The van der Waals surface area contributed by atoms with Crippen molar-refractivity contribution in [3.8, 4) is 5.75 Å². The van der Waals surface area contributed by atoms with Crippen LogP contribution in [0.4, 0.5) is 0 Å². The van der Waals surface area contributed by atoms with Crippen molar-refractivity contribution in [2.45, 2.75) is 70.1 Å². The number of aliphatic carboxylic acids is 3. The van der Waals surface area contributed by atoms with E-state index in [0.717, 1.165) is 0 Å². The lowest BCUT2D eigenvalue weighted by atomic mass is 9.96. The van der Waals surface area contributed by atoms with Gasteiger partial charge in [0.25, 0.3) is 0 Å². The second-order valence-electron chi connectivity index (χ2n) is 8.84. The highest BCUT2D eigenvalue weighted by Crippen LogP contribution is 2.14. The summed E-state index contributed by atoms with van der Waals surface area (Å²) in [4.78, 5) is 72.0. The minimum absolute atomic E-state index is 0.0355. The number of rotatable bonds is 16. The van der Waals surface area contributed by atoms with Gasteiger partial charge in [-0.3, -0.25) is 24.0 Å². The molecule has 9 N–H and O–H groups in total. The van der Waals surface area contributed by atoms with Gasteiger partial charge in [0.1, 0.15) is 23.9 Å². The van der Waals surface area contributed by atoms with Gasteiger partial charge in [0.2, 0.25) is 17.7 Å². The highest BCUT2D eigenvalue weighted by Gasteiger charge is 2.33. The molecule has 1 aromatic rings. The van der Waals surface area contributed by atoms with E-state index in [1.807, 2.05) is 0 Å². The van der Waals surface area contributed by atoms with Gasteiger partial charge in [0.05, 0.1) is 12.5 Å². The SMILES string of the molecule is CCC(C)C(NC(=O)C(Cc1ccc(O)cc1)NC(=O)C(N)CC(=O)O)C(=O)NC(CCC(=O)O)C(=O)O. The van der Waals surface area contributed by atoms with E-state index >= 15 is 0 Å². The highest BCUT2D eigenvalue weighted by atomic mass is 16.4. The third kappa shape index (κ3) is 10.8. The van der Waals surface area contributed by atoms with E-state index in [1.165, 1.54) is 24.3 Å². The van der Waals surface area contributed by atoms with Crippen molar-refractivity contribution in [1.82, 2.24) is 16.0 Å². The number of carboxylic acids is 3. The molecule has 0 aliphatic heterocycles. The van der Waals surface area contributed by atoms with Crippen LogP contribution in [0.15, 0.2) is 24.3 Å². The van der Waals surface area contributed by atoms with Crippen LogP contribution in [-0.4, -0.2) is 80.2 Å². The van der Waals surface area contributed by atoms with Gasteiger partial charge >= 0.3 is 17.9 Å². The first-order valence-electron chi connectivity index (χ1n) is 11.9. The quantitative estimate of drug-likeness (QED) is 0.129. The first-order valence-corrected chi connectivity index (χ1v) is 11.9. The van der Waals surface area contributed by atoms with Gasteiger partial charge in [-0.05, 0) is 30.0 Å². The number of hydrogen-bond acceptors (Lipinski definition) is 8. The summed E-state index contributed by atoms with van der Waals surface area (Å²) >= 11 is 0. The van der Waals surface area contributed by atoms with Gasteiger partial charge < -0.3 is 42.1 Å². The second-order valence-corrected chi connectivity index (χ2v) is 8.84. The monoisotopic (exact) mass is 538 g/mol. The largest absolute Gasteiger partial charge is 0.508 e. The maximum Gasteiger partial charge on any atom is 0.326 e. The average molecular weight is 539 g/mol. The molecule has 38 heavy (non-hydrogen) atoms.